The quantitative estimate of drug-likeness (QED) is 0.745. The molecule has 1 aliphatic carbocycles. The molecule has 0 bridgehead atoms. The van der Waals surface area contributed by atoms with E-state index in [0.29, 0.717) is 6.54 Å². The normalized spacial score (nSPS) is 16.8. The number of anilines is 1. The monoisotopic (exact) mass is 330 g/mol. The Morgan fingerprint density at radius 2 is 1.88 bits per heavy atom. The van der Waals surface area contributed by atoms with Crippen LogP contribution in [0.1, 0.15) is 24.0 Å². The first kappa shape index (κ1) is 15.9. The summed E-state index contributed by atoms with van der Waals surface area (Å²) in [5, 5.41) is 3.12. The number of nitrogens with zero attached hydrogens (tertiary/aromatic N) is 1. The molecule has 4 rings (SSSR count). The third-order valence-electron chi connectivity index (χ3n) is 5.33. The summed E-state index contributed by atoms with van der Waals surface area (Å²) in [6.45, 7) is 2.49. The molecule has 25 heavy (non-hydrogen) atoms. The molecule has 0 saturated carbocycles. The van der Waals surface area contributed by atoms with Gasteiger partial charge >= 0.3 is 0 Å². The Morgan fingerprint density at radius 3 is 2.68 bits per heavy atom. The minimum atomic E-state index is 0.0828. The minimum Gasteiger partial charge on any atom is -0.326 e. The van der Waals surface area contributed by atoms with E-state index in [1.54, 1.807) is 0 Å². The maximum absolute atomic E-state index is 12.6. The van der Waals surface area contributed by atoms with Crippen molar-refractivity contribution in [1.82, 2.24) is 4.90 Å². The fourth-order valence-electron chi connectivity index (χ4n) is 3.95. The van der Waals surface area contributed by atoms with Crippen molar-refractivity contribution in [3.8, 4) is 23.5 Å². The summed E-state index contributed by atoms with van der Waals surface area (Å²) in [5.41, 5.74) is 6.17. The third kappa shape index (κ3) is 3.18. The van der Waals surface area contributed by atoms with Gasteiger partial charge in [0.05, 0.1) is 6.54 Å². The van der Waals surface area contributed by atoms with Crippen molar-refractivity contribution in [2.75, 3.05) is 25.0 Å². The lowest BCUT2D eigenvalue weighted by Gasteiger charge is -2.29. The standard InChI is InChI=1S/C22H22N2O/c1-2-11-24-12-9-16(10-13-24)22(25)23-19-7-8-21-18(15-19)14-17-5-3-4-6-20(17)21/h1,3-8,15-16H,9-14H2,(H,23,25). The van der Waals surface area contributed by atoms with E-state index in [9.17, 15) is 4.79 Å². The van der Waals surface area contributed by atoms with E-state index < -0.39 is 0 Å². The van der Waals surface area contributed by atoms with Crippen LogP contribution >= 0.6 is 0 Å². The van der Waals surface area contributed by atoms with Gasteiger partial charge in [-0.05, 0) is 66.7 Å². The van der Waals surface area contributed by atoms with Gasteiger partial charge in [-0.15, -0.1) is 6.42 Å². The fourth-order valence-corrected chi connectivity index (χ4v) is 3.95. The predicted molar refractivity (Wildman–Crippen MR) is 101 cm³/mol. The molecule has 1 heterocycles. The maximum Gasteiger partial charge on any atom is 0.227 e. The van der Waals surface area contributed by atoms with Gasteiger partial charge in [-0.3, -0.25) is 9.69 Å². The molecule has 1 N–H and O–H groups in total. The Bertz CT molecular complexity index is 841. The van der Waals surface area contributed by atoms with Gasteiger partial charge in [-0.2, -0.15) is 0 Å². The number of piperidine rings is 1. The lowest BCUT2D eigenvalue weighted by molar-refractivity contribution is -0.121. The molecule has 1 aliphatic heterocycles. The van der Waals surface area contributed by atoms with Crippen LogP contribution in [0.5, 0.6) is 0 Å². The van der Waals surface area contributed by atoms with Crippen LogP contribution in [0, 0.1) is 18.3 Å². The van der Waals surface area contributed by atoms with Crippen LogP contribution < -0.4 is 5.32 Å². The molecule has 0 spiro atoms. The van der Waals surface area contributed by atoms with E-state index >= 15 is 0 Å². The first-order valence-electron chi connectivity index (χ1n) is 8.92. The van der Waals surface area contributed by atoms with Crippen molar-refractivity contribution in [2.45, 2.75) is 19.3 Å². The van der Waals surface area contributed by atoms with Crippen LogP contribution in [0.25, 0.3) is 11.1 Å². The molecule has 2 aliphatic rings. The van der Waals surface area contributed by atoms with Gasteiger partial charge in [0.25, 0.3) is 0 Å². The highest BCUT2D eigenvalue weighted by atomic mass is 16.1. The second kappa shape index (κ2) is 6.74. The average molecular weight is 330 g/mol. The number of benzene rings is 2. The van der Waals surface area contributed by atoms with Crippen molar-refractivity contribution in [3.05, 3.63) is 53.6 Å². The number of likely N-dealkylation sites (tertiary alicyclic amines) is 1. The molecule has 126 valence electrons. The smallest absolute Gasteiger partial charge is 0.227 e. The fraction of sp³-hybridized carbons (Fsp3) is 0.318. The van der Waals surface area contributed by atoms with Crippen molar-refractivity contribution in [1.29, 1.82) is 0 Å². The predicted octanol–water partition coefficient (Wildman–Crippen LogP) is 3.54. The number of hydrogen-bond donors (Lipinski definition) is 1. The van der Waals surface area contributed by atoms with Crippen molar-refractivity contribution in [2.24, 2.45) is 5.92 Å². The zero-order valence-electron chi connectivity index (χ0n) is 14.3. The summed E-state index contributed by atoms with van der Waals surface area (Å²) in [6, 6.07) is 14.8. The molecular formula is C22H22N2O. The van der Waals surface area contributed by atoms with Gasteiger partial charge in [0, 0.05) is 11.6 Å². The largest absolute Gasteiger partial charge is 0.326 e. The van der Waals surface area contributed by atoms with E-state index in [2.05, 4.69) is 52.5 Å². The second-order valence-corrected chi connectivity index (χ2v) is 6.95. The van der Waals surface area contributed by atoms with Gasteiger partial charge in [0.15, 0.2) is 0 Å². The number of amides is 1. The summed E-state index contributed by atoms with van der Waals surface area (Å²) in [4.78, 5) is 14.8. The number of rotatable bonds is 3. The first-order valence-corrected chi connectivity index (χ1v) is 8.92. The molecular weight excluding hydrogens is 308 g/mol. The van der Waals surface area contributed by atoms with Crippen LogP contribution in [-0.2, 0) is 11.2 Å². The molecule has 0 atom stereocenters. The van der Waals surface area contributed by atoms with Crippen molar-refractivity contribution < 1.29 is 4.79 Å². The first-order chi connectivity index (χ1) is 12.2. The zero-order chi connectivity index (χ0) is 17.2. The van der Waals surface area contributed by atoms with Crippen molar-refractivity contribution in [3.63, 3.8) is 0 Å². The van der Waals surface area contributed by atoms with E-state index in [1.165, 1.54) is 22.3 Å². The van der Waals surface area contributed by atoms with E-state index in [-0.39, 0.29) is 11.8 Å². The zero-order valence-corrected chi connectivity index (χ0v) is 14.3. The Kier molecular flexibility index (Phi) is 4.29. The average Bonchev–Trinajstić information content (AvgIpc) is 3.00. The van der Waals surface area contributed by atoms with Gasteiger partial charge in [0.1, 0.15) is 0 Å². The molecule has 1 saturated heterocycles. The molecule has 2 aromatic rings. The second-order valence-electron chi connectivity index (χ2n) is 6.95. The molecule has 3 nitrogen and oxygen atoms in total. The summed E-state index contributed by atoms with van der Waals surface area (Å²) in [6.07, 6.45) is 8.06. The molecule has 1 amide bonds. The lowest BCUT2D eigenvalue weighted by atomic mass is 9.95. The van der Waals surface area contributed by atoms with Gasteiger partial charge in [-0.1, -0.05) is 36.3 Å². The van der Waals surface area contributed by atoms with Crippen LogP contribution in [0.3, 0.4) is 0 Å². The highest BCUT2D eigenvalue weighted by Crippen LogP contribution is 2.37. The molecule has 2 aromatic carbocycles. The van der Waals surface area contributed by atoms with Gasteiger partial charge in [-0.25, -0.2) is 0 Å². The molecule has 0 aromatic heterocycles. The van der Waals surface area contributed by atoms with Crippen LogP contribution in [0.15, 0.2) is 42.5 Å². The Hall–Kier alpha value is -2.57. The number of fused-ring (bicyclic) bond motifs is 3. The number of nitrogens with one attached hydrogen (secondary N) is 1. The van der Waals surface area contributed by atoms with Crippen molar-refractivity contribution >= 4 is 11.6 Å². The van der Waals surface area contributed by atoms with E-state index in [4.69, 9.17) is 6.42 Å². The summed E-state index contributed by atoms with van der Waals surface area (Å²) in [7, 11) is 0. The lowest BCUT2D eigenvalue weighted by Crippen LogP contribution is -2.38. The number of terminal acetylenes is 1. The highest BCUT2D eigenvalue weighted by Gasteiger charge is 2.25. The SMILES string of the molecule is C#CCN1CCC(C(=O)Nc2ccc3c(c2)Cc2ccccc2-3)CC1. The molecule has 3 heteroatoms. The topological polar surface area (TPSA) is 32.3 Å². The Labute approximate surface area is 149 Å². The summed E-state index contributed by atoms with van der Waals surface area (Å²) >= 11 is 0. The maximum atomic E-state index is 12.6. The number of hydrogen-bond acceptors (Lipinski definition) is 2. The third-order valence-corrected chi connectivity index (χ3v) is 5.33. The molecule has 0 unspecified atom stereocenters. The number of carbonyl (C=O) groups is 1. The Morgan fingerprint density at radius 1 is 1.12 bits per heavy atom. The minimum absolute atomic E-state index is 0.0828. The molecule has 0 radical (unpaired) electrons. The van der Waals surface area contributed by atoms with Gasteiger partial charge in [0.2, 0.25) is 5.91 Å². The Balaban J connectivity index is 1.42. The van der Waals surface area contributed by atoms with Gasteiger partial charge < -0.3 is 5.32 Å². The van der Waals surface area contributed by atoms with E-state index in [0.717, 1.165) is 38.0 Å². The van der Waals surface area contributed by atoms with Crippen LogP contribution in [-0.4, -0.2) is 30.4 Å². The summed E-state index contributed by atoms with van der Waals surface area (Å²) in [5.74, 6) is 2.90. The number of carbonyl (C=O) groups excluding carboxylic acids is 1. The van der Waals surface area contributed by atoms with E-state index in [1.807, 2.05) is 6.07 Å². The van der Waals surface area contributed by atoms with Crippen LogP contribution in [0.2, 0.25) is 0 Å². The van der Waals surface area contributed by atoms with Crippen LogP contribution in [0.4, 0.5) is 5.69 Å². The molecule has 1 fully saturated rings. The summed E-state index contributed by atoms with van der Waals surface area (Å²) < 4.78 is 0. The highest BCUT2D eigenvalue weighted by molar-refractivity contribution is 5.93.